The maximum atomic E-state index is 13.4. The van der Waals surface area contributed by atoms with Crippen LogP contribution >= 0.6 is 0 Å². The fraction of sp³-hybridized carbons (Fsp3) is 0.583. The molecule has 3 aliphatic rings. The highest BCUT2D eigenvalue weighted by Crippen LogP contribution is 2.41. The molecule has 4 rings (SSSR count). The number of piperidine rings is 1. The van der Waals surface area contributed by atoms with E-state index in [4.69, 9.17) is 0 Å². The lowest BCUT2D eigenvalue weighted by molar-refractivity contribution is -0.146. The van der Waals surface area contributed by atoms with Gasteiger partial charge in [0.25, 0.3) is 0 Å². The fourth-order valence-corrected chi connectivity index (χ4v) is 5.17. The predicted octanol–water partition coefficient (Wildman–Crippen LogP) is 4.23. The van der Waals surface area contributed by atoms with E-state index in [1.807, 2.05) is 9.80 Å². The van der Waals surface area contributed by atoms with Crippen LogP contribution in [-0.2, 0) is 16.1 Å². The molecule has 1 unspecified atom stereocenters. The van der Waals surface area contributed by atoms with Crippen molar-refractivity contribution in [1.29, 1.82) is 0 Å². The zero-order valence-electron chi connectivity index (χ0n) is 17.1. The molecule has 4 heteroatoms. The zero-order chi connectivity index (χ0) is 19.6. The van der Waals surface area contributed by atoms with E-state index >= 15 is 0 Å². The summed E-state index contributed by atoms with van der Waals surface area (Å²) >= 11 is 0. The number of allylic oxidation sites excluding steroid dienone is 1. The number of nitrogens with zero attached hydrogens (tertiary/aromatic N) is 2. The van der Waals surface area contributed by atoms with Crippen LogP contribution in [0.3, 0.4) is 0 Å². The van der Waals surface area contributed by atoms with Gasteiger partial charge in [0.05, 0.1) is 5.41 Å². The van der Waals surface area contributed by atoms with E-state index in [9.17, 15) is 9.59 Å². The van der Waals surface area contributed by atoms with Gasteiger partial charge in [0.1, 0.15) is 0 Å². The topological polar surface area (TPSA) is 40.6 Å². The maximum absolute atomic E-state index is 13.4. The minimum absolute atomic E-state index is 0.216. The van der Waals surface area contributed by atoms with Gasteiger partial charge in [-0.3, -0.25) is 9.59 Å². The average Bonchev–Trinajstić information content (AvgIpc) is 3.12. The monoisotopic (exact) mass is 380 g/mol. The fourth-order valence-electron chi connectivity index (χ4n) is 5.17. The van der Waals surface area contributed by atoms with Gasteiger partial charge in [-0.05, 0) is 57.4 Å². The molecule has 0 radical (unpaired) electrons. The van der Waals surface area contributed by atoms with Crippen LogP contribution in [0.2, 0.25) is 0 Å². The lowest BCUT2D eigenvalue weighted by Crippen LogP contribution is -2.50. The third-order valence-corrected chi connectivity index (χ3v) is 6.75. The van der Waals surface area contributed by atoms with Crippen molar-refractivity contribution in [1.82, 2.24) is 9.80 Å². The predicted molar refractivity (Wildman–Crippen MR) is 111 cm³/mol. The quantitative estimate of drug-likeness (QED) is 0.734. The van der Waals surface area contributed by atoms with Crippen LogP contribution in [0.15, 0.2) is 35.9 Å². The third-order valence-electron chi connectivity index (χ3n) is 6.75. The van der Waals surface area contributed by atoms with E-state index in [0.29, 0.717) is 19.5 Å². The summed E-state index contributed by atoms with van der Waals surface area (Å²) in [6.07, 6.45) is 10.2. The zero-order valence-corrected chi connectivity index (χ0v) is 17.1. The first-order valence-electron chi connectivity index (χ1n) is 10.9. The van der Waals surface area contributed by atoms with Crippen molar-refractivity contribution in [2.45, 2.75) is 64.8 Å². The van der Waals surface area contributed by atoms with Crippen molar-refractivity contribution >= 4 is 11.8 Å². The van der Waals surface area contributed by atoms with E-state index < -0.39 is 0 Å². The molecule has 1 aromatic carbocycles. The van der Waals surface area contributed by atoms with Gasteiger partial charge >= 0.3 is 0 Å². The second-order valence-corrected chi connectivity index (χ2v) is 8.95. The molecule has 2 fully saturated rings. The highest BCUT2D eigenvalue weighted by Gasteiger charge is 2.49. The molecular weight excluding hydrogens is 348 g/mol. The molecule has 0 saturated carbocycles. The van der Waals surface area contributed by atoms with Crippen LogP contribution in [0.1, 0.15) is 62.5 Å². The second-order valence-electron chi connectivity index (χ2n) is 8.95. The van der Waals surface area contributed by atoms with Crippen molar-refractivity contribution in [3.8, 4) is 0 Å². The summed E-state index contributed by atoms with van der Waals surface area (Å²) in [5.41, 5.74) is 3.37. The van der Waals surface area contributed by atoms with Gasteiger partial charge < -0.3 is 9.80 Å². The first-order chi connectivity index (χ1) is 13.6. The molecular formula is C24H32N2O2. The molecule has 2 heterocycles. The Morgan fingerprint density at radius 2 is 2.04 bits per heavy atom. The van der Waals surface area contributed by atoms with Gasteiger partial charge in [-0.25, -0.2) is 0 Å². The molecule has 150 valence electrons. The number of carbonyl (C=O) groups excluding carboxylic acids is 2. The van der Waals surface area contributed by atoms with E-state index in [0.717, 1.165) is 45.2 Å². The van der Waals surface area contributed by atoms with Crippen LogP contribution < -0.4 is 0 Å². The van der Waals surface area contributed by atoms with Crippen molar-refractivity contribution in [2.75, 3.05) is 19.6 Å². The van der Waals surface area contributed by atoms with Gasteiger partial charge in [-0.15, -0.1) is 0 Å². The molecule has 1 spiro atoms. The number of rotatable bonds is 4. The number of benzene rings is 1. The minimum Gasteiger partial charge on any atom is -0.341 e. The Labute approximate surface area is 168 Å². The lowest BCUT2D eigenvalue weighted by Gasteiger charge is -2.39. The largest absolute Gasteiger partial charge is 0.341 e. The van der Waals surface area contributed by atoms with E-state index in [1.54, 1.807) is 0 Å². The molecule has 0 N–H and O–H groups in total. The van der Waals surface area contributed by atoms with E-state index in [1.165, 1.54) is 29.5 Å². The smallest absolute Gasteiger partial charge is 0.230 e. The summed E-state index contributed by atoms with van der Waals surface area (Å²) in [4.78, 5) is 30.2. The summed E-state index contributed by atoms with van der Waals surface area (Å²) in [5, 5.41) is 0. The van der Waals surface area contributed by atoms with Gasteiger partial charge in [-0.1, -0.05) is 41.5 Å². The lowest BCUT2D eigenvalue weighted by atomic mass is 9.78. The molecule has 1 atom stereocenters. The van der Waals surface area contributed by atoms with E-state index in [2.05, 4.69) is 37.3 Å². The number of amides is 2. The number of hydrogen-bond acceptors (Lipinski definition) is 2. The standard InChI is InChI=1S/C24H32N2O2/c1-19-7-5-10-21(15-19)17-25-13-6-11-24(23(25)28)12-14-26(18-24)22(27)16-20-8-3-2-4-9-20/h5,7-8,10,15H,2-4,6,9,11-14,16-18H2,1H3. The molecule has 2 amide bonds. The maximum Gasteiger partial charge on any atom is 0.230 e. The third kappa shape index (κ3) is 4.01. The second kappa shape index (κ2) is 8.10. The Morgan fingerprint density at radius 3 is 2.82 bits per heavy atom. The molecule has 2 aliphatic heterocycles. The highest BCUT2D eigenvalue weighted by molar-refractivity contribution is 5.86. The van der Waals surface area contributed by atoms with Crippen LogP contribution in [0.25, 0.3) is 0 Å². The van der Waals surface area contributed by atoms with Gasteiger partial charge in [0.15, 0.2) is 0 Å². The van der Waals surface area contributed by atoms with Crippen LogP contribution in [0.5, 0.6) is 0 Å². The van der Waals surface area contributed by atoms with E-state index in [-0.39, 0.29) is 17.2 Å². The first-order valence-corrected chi connectivity index (χ1v) is 10.9. The van der Waals surface area contributed by atoms with Crippen molar-refractivity contribution in [3.05, 3.63) is 47.0 Å². The van der Waals surface area contributed by atoms with Gasteiger partial charge in [0.2, 0.25) is 11.8 Å². The molecule has 1 aromatic rings. The van der Waals surface area contributed by atoms with Gasteiger partial charge in [0, 0.05) is 32.6 Å². The number of hydrogen-bond donors (Lipinski definition) is 0. The summed E-state index contributed by atoms with van der Waals surface area (Å²) in [6.45, 7) is 4.95. The Balaban J connectivity index is 1.40. The number of likely N-dealkylation sites (tertiary alicyclic amines) is 2. The Hall–Kier alpha value is -2.10. The molecule has 4 nitrogen and oxygen atoms in total. The van der Waals surface area contributed by atoms with Crippen LogP contribution in [0.4, 0.5) is 0 Å². The SMILES string of the molecule is Cc1cccc(CN2CCCC3(CCN(C(=O)CC4=CCCCC4)C3)C2=O)c1. The summed E-state index contributed by atoms with van der Waals surface area (Å²) in [6, 6.07) is 8.41. The molecule has 0 bridgehead atoms. The van der Waals surface area contributed by atoms with Crippen LogP contribution in [0, 0.1) is 12.3 Å². The summed E-state index contributed by atoms with van der Waals surface area (Å²) in [5.74, 6) is 0.473. The normalized spacial score (nSPS) is 25.3. The summed E-state index contributed by atoms with van der Waals surface area (Å²) in [7, 11) is 0. The molecule has 0 aromatic heterocycles. The molecule has 1 aliphatic carbocycles. The average molecular weight is 381 g/mol. The number of carbonyl (C=O) groups is 2. The minimum atomic E-state index is -0.349. The van der Waals surface area contributed by atoms with Crippen molar-refractivity contribution in [2.24, 2.45) is 5.41 Å². The Morgan fingerprint density at radius 1 is 1.14 bits per heavy atom. The Bertz CT molecular complexity index is 785. The first kappa shape index (κ1) is 19.2. The van der Waals surface area contributed by atoms with Crippen molar-refractivity contribution in [3.63, 3.8) is 0 Å². The van der Waals surface area contributed by atoms with Gasteiger partial charge in [-0.2, -0.15) is 0 Å². The molecule has 28 heavy (non-hydrogen) atoms. The highest BCUT2D eigenvalue weighted by atomic mass is 16.2. The van der Waals surface area contributed by atoms with Crippen molar-refractivity contribution < 1.29 is 9.59 Å². The van der Waals surface area contributed by atoms with Crippen LogP contribution in [-0.4, -0.2) is 41.2 Å². The number of aryl methyl sites for hydroxylation is 1. The molecule has 2 saturated heterocycles. The summed E-state index contributed by atoms with van der Waals surface area (Å²) < 4.78 is 0. The Kier molecular flexibility index (Phi) is 5.56.